The molecule has 0 aliphatic carbocycles. The molecular formula is C20H25FN4O2. The lowest BCUT2D eigenvalue weighted by molar-refractivity contribution is -0.00539. The van der Waals surface area contributed by atoms with Gasteiger partial charge in [-0.25, -0.2) is 9.18 Å². The maximum atomic E-state index is 14.6. The molecule has 27 heavy (non-hydrogen) atoms. The summed E-state index contributed by atoms with van der Waals surface area (Å²) in [6, 6.07) is 8.47. The van der Waals surface area contributed by atoms with Gasteiger partial charge in [-0.2, -0.15) is 0 Å². The summed E-state index contributed by atoms with van der Waals surface area (Å²) in [6.07, 6.45) is 3.51. The van der Waals surface area contributed by atoms with Gasteiger partial charge in [0.25, 0.3) is 0 Å². The summed E-state index contributed by atoms with van der Waals surface area (Å²) < 4.78 is 20.3. The van der Waals surface area contributed by atoms with Gasteiger partial charge in [-0.3, -0.25) is 4.98 Å². The van der Waals surface area contributed by atoms with E-state index in [1.165, 1.54) is 6.07 Å². The molecule has 2 N–H and O–H groups in total. The highest BCUT2D eigenvalue weighted by atomic mass is 19.1. The van der Waals surface area contributed by atoms with Gasteiger partial charge in [0.1, 0.15) is 5.82 Å². The second-order valence-electron chi connectivity index (χ2n) is 6.85. The Morgan fingerprint density at radius 2 is 1.89 bits per heavy atom. The number of pyridine rings is 1. The number of hydrogen-bond donors (Lipinski definition) is 2. The number of aromatic nitrogens is 1. The third-order valence-electron chi connectivity index (χ3n) is 4.40. The van der Waals surface area contributed by atoms with Crippen molar-refractivity contribution in [3.8, 4) is 0 Å². The van der Waals surface area contributed by atoms with Gasteiger partial charge < -0.3 is 20.3 Å². The fourth-order valence-electron chi connectivity index (χ4n) is 3.22. The van der Waals surface area contributed by atoms with Gasteiger partial charge >= 0.3 is 6.03 Å². The summed E-state index contributed by atoms with van der Waals surface area (Å²) in [5.74, 6) is -0.286. The number of nitrogens with one attached hydrogen (secondary N) is 2. The quantitative estimate of drug-likeness (QED) is 0.847. The van der Waals surface area contributed by atoms with Crippen LogP contribution < -0.4 is 15.5 Å². The number of carbonyl (C=O) groups excluding carboxylic acids is 1. The predicted octanol–water partition coefficient (Wildman–Crippen LogP) is 2.83. The number of morpholine rings is 1. The third-order valence-corrected chi connectivity index (χ3v) is 4.40. The highest BCUT2D eigenvalue weighted by molar-refractivity contribution is 5.73. The molecule has 144 valence electrons. The first-order chi connectivity index (χ1) is 13.0. The topological polar surface area (TPSA) is 66.5 Å². The minimum atomic E-state index is -0.306. The van der Waals surface area contributed by atoms with Gasteiger partial charge in [0, 0.05) is 38.6 Å². The van der Waals surface area contributed by atoms with Crippen molar-refractivity contribution in [1.82, 2.24) is 15.6 Å². The maximum absolute atomic E-state index is 14.6. The number of hydrogen-bond acceptors (Lipinski definition) is 4. The SMILES string of the molecule is CC1CN(c2ccc(CNC(=O)NCc3cccnc3)cc2F)CC(C)O1. The van der Waals surface area contributed by atoms with Crippen LogP contribution in [0.4, 0.5) is 14.9 Å². The highest BCUT2D eigenvalue weighted by Crippen LogP contribution is 2.24. The standard InChI is InChI=1S/C20H25FN4O2/c1-14-12-25(13-15(2)27-14)19-6-5-16(8-18(19)21)10-23-20(26)24-11-17-4-3-7-22-9-17/h3-9,14-15H,10-13H2,1-2H3,(H2,23,24,26). The van der Waals surface area contributed by atoms with E-state index in [1.54, 1.807) is 18.5 Å². The van der Waals surface area contributed by atoms with Gasteiger partial charge in [-0.1, -0.05) is 12.1 Å². The van der Waals surface area contributed by atoms with E-state index in [-0.39, 0.29) is 30.6 Å². The molecule has 2 atom stereocenters. The molecule has 1 aliphatic heterocycles. The average molecular weight is 372 g/mol. The van der Waals surface area contributed by atoms with Gasteiger partial charge in [0.15, 0.2) is 0 Å². The number of halogens is 1. The lowest BCUT2D eigenvalue weighted by Crippen LogP contribution is -2.45. The zero-order chi connectivity index (χ0) is 19.2. The van der Waals surface area contributed by atoms with Crippen molar-refractivity contribution in [2.45, 2.75) is 39.1 Å². The second kappa shape index (κ2) is 8.81. The first-order valence-corrected chi connectivity index (χ1v) is 9.10. The van der Waals surface area contributed by atoms with Crippen molar-refractivity contribution in [1.29, 1.82) is 0 Å². The van der Waals surface area contributed by atoms with Gasteiger partial charge in [0.2, 0.25) is 0 Å². The Labute approximate surface area is 158 Å². The third kappa shape index (κ3) is 5.40. The Kier molecular flexibility index (Phi) is 6.24. The van der Waals surface area contributed by atoms with Crippen molar-refractivity contribution in [2.24, 2.45) is 0 Å². The summed E-state index contributed by atoms with van der Waals surface area (Å²) in [7, 11) is 0. The van der Waals surface area contributed by atoms with Crippen LogP contribution in [0.3, 0.4) is 0 Å². The number of carbonyl (C=O) groups is 1. The Bertz CT molecular complexity index is 762. The lowest BCUT2D eigenvalue weighted by Gasteiger charge is -2.37. The van der Waals surface area contributed by atoms with Crippen LogP contribution in [0, 0.1) is 5.82 Å². The number of urea groups is 1. The summed E-state index contributed by atoms with van der Waals surface area (Å²) >= 11 is 0. The minimum absolute atomic E-state index is 0.0676. The second-order valence-corrected chi connectivity index (χ2v) is 6.85. The molecule has 3 rings (SSSR count). The van der Waals surface area contributed by atoms with Crippen LogP contribution in [0.1, 0.15) is 25.0 Å². The number of nitrogens with zero attached hydrogens (tertiary/aromatic N) is 2. The summed E-state index contributed by atoms with van der Waals surface area (Å²) in [4.78, 5) is 17.9. The average Bonchev–Trinajstić information content (AvgIpc) is 2.65. The molecule has 2 heterocycles. The van der Waals surface area contributed by atoms with Crippen LogP contribution in [0.25, 0.3) is 0 Å². The fraction of sp³-hybridized carbons (Fsp3) is 0.400. The number of anilines is 1. The number of ether oxygens (including phenoxy) is 1. The minimum Gasteiger partial charge on any atom is -0.372 e. The summed E-state index contributed by atoms with van der Waals surface area (Å²) in [6.45, 7) is 5.95. The normalized spacial score (nSPS) is 19.6. The van der Waals surface area contributed by atoms with Crippen LogP contribution in [-0.2, 0) is 17.8 Å². The van der Waals surface area contributed by atoms with Gasteiger partial charge in [-0.05, 0) is 43.2 Å². The van der Waals surface area contributed by atoms with Crippen molar-refractivity contribution < 1.29 is 13.9 Å². The predicted molar refractivity (Wildman–Crippen MR) is 102 cm³/mol. The molecule has 1 aromatic heterocycles. The highest BCUT2D eigenvalue weighted by Gasteiger charge is 2.24. The first kappa shape index (κ1) is 19.1. The van der Waals surface area contributed by atoms with E-state index < -0.39 is 0 Å². The molecule has 7 heteroatoms. The van der Waals surface area contributed by atoms with Crippen LogP contribution in [0.2, 0.25) is 0 Å². The molecule has 1 saturated heterocycles. The van der Waals surface area contributed by atoms with E-state index in [2.05, 4.69) is 15.6 Å². The van der Waals surface area contributed by atoms with Crippen molar-refractivity contribution >= 4 is 11.7 Å². The molecule has 0 bridgehead atoms. The molecule has 0 spiro atoms. The van der Waals surface area contributed by atoms with Crippen LogP contribution >= 0.6 is 0 Å². The smallest absolute Gasteiger partial charge is 0.315 e. The lowest BCUT2D eigenvalue weighted by atomic mass is 10.1. The van der Waals surface area contributed by atoms with E-state index in [9.17, 15) is 9.18 Å². The van der Waals surface area contributed by atoms with E-state index in [1.807, 2.05) is 36.9 Å². The monoisotopic (exact) mass is 372 g/mol. The van der Waals surface area contributed by atoms with Gasteiger partial charge in [-0.15, -0.1) is 0 Å². The Morgan fingerprint density at radius 3 is 2.52 bits per heavy atom. The molecule has 2 amide bonds. The summed E-state index contributed by atoms with van der Waals surface area (Å²) in [5, 5.41) is 5.49. The molecule has 0 saturated carbocycles. The van der Waals surface area contributed by atoms with Crippen LogP contribution in [-0.4, -0.2) is 36.3 Å². The van der Waals surface area contributed by atoms with E-state index in [4.69, 9.17) is 4.74 Å². The molecule has 1 aliphatic rings. The molecule has 1 fully saturated rings. The Hall–Kier alpha value is -2.67. The maximum Gasteiger partial charge on any atom is 0.315 e. The molecule has 1 aromatic carbocycles. The van der Waals surface area contributed by atoms with Crippen molar-refractivity contribution in [2.75, 3.05) is 18.0 Å². The molecule has 2 aromatic rings. The number of rotatable bonds is 5. The van der Waals surface area contributed by atoms with Crippen LogP contribution in [0.15, 0.2) is 42.7 Å². The van der Waals surface area contributed by atoms with Gasteiger partial charge in [0.05, 0.1) is 17.9 Å². The van der Waals surface area contributed by atoms with E-state index in [0.29, 0.717) is 30.9 Å². The Balaban J connectivity index is 1.52. The first-order valence-electron chi connectivity index (χ1n) is 9.10. The Morgan fingerprint density at radius 1 is 1.19 bits per heavy atom. The number of amides is 2. The summed E-state index contributed by atoms with van der Waals surface area (Å²) in [5.41, 5.74) is 2.20. The van der Waals surface area contributed by atoms with E-state index in [0.717, 1.165) is 5.56 Å². The molecular weight excluding hydrogens is 347 g/mol. The van der Waals surface area contributed by atoms with E-state index >= 15 is 0 Å². The zero-order valence-corrected chi connectivity index (χ0v) is 15.6. The fourth-order valence-corrected chi connectivity index (χ4v) is 3.22. The van der Waals surface area contributed by atoms with Crippen LogP contribution in [0.5, 0.6) is 0 Å². The zero-order valence-electron chi connectivity index (χ0n) is 15.6. The largest absolute Gasteiger partial charge is 0.372 e. The molecule has 6 nitrogen and oxygen atoms in total. The number of benzene rings is 1. The van der Waals surface area contributed by atoms with Crippen molar-refractivity contribution in [3.05, 3.63) is 59.7 Å². The molecule has 2 unspecified atom stereocenters. The van der Waals surface area contributed by atoms with Crippen molar-refractivity contribution in [3.63, 3.8) is 0 Å². The molecule has 0 radical (unpaired) electrons.